The Morgan fingerprint density at radius 2 is 2.16 bits per heavy atom. The summed E-state index contributed by atoms with van der Waals surface area (Å²) in [5, 5.41) is 5.59. The molecule has 0 aliphatic rings. The Hall–Kier alpha value is -1.23. The van der Waals surface area contributed by atoms with Gasteiger partial charge in [-0.1, -0.05) is 12.1 Å². The number of aromatic nitrogens is 1. The zero-order valence-corrected chi connectivity index (χ0v) is 12.2. The molecule has 0 unspecified atom stereocenters. The van der Waals surface area contributed by atoms with E-state index in [1.165, 1.54) is 10.6 Å². The molecule has 3 nitrogen and oxygen atoms in total. The second kappa shape index (κ2) is 8.04. The average molecular weight is 275 g/mol. The molecule has 0 aromatic carbocycles. The topological polar surface area (TPSA) is 28.2 Å². The van der Waals surface area contributed by atoms with Gasteiger partial charge in [0.25, 0.3) is 0 Å². The molecule has 2 heterocycles. The van der Waals surface area contributed by atoms with E-state index < -0.39 is 0 Å². The van der Waals surface area contributed by atoms with Crippen molar-refractivity contribution in [2.24, 2.45) is 0 Å². The Bertz CT molecular complexity index is 442. The summed E-state index contributed by atoms with van der Waals surface area (Å²) in [5.74, 6) is 0. The standard InChI is InChI=1S/C15H21N3S/c1-18(10-7-14-5-2-3-8-17-14)11-9-16-13-15-6-4-12-19-15/h2-6,8,12,16H,7,9-11,13H2,1H3. The summed E-state index contributed by atoms with van der Waals surface area (Å²) >= 11 is 1.80. The van der Waals surface area contributed by atoms with Crippen LogP contribution in [-0.4, -0.2) is 36.6 Å². The third-order valence-corrected chi connectivity index (χ3v) is 3.90. The summed E-state index contributed by atoms with van der Waals surface area (Å²) in [5.41, 5.74) is 1.17. The van der Waals surface area contributed by atoms with Gasteiger partial charge in [0.05, 0.1) is 0 Å². The molecule has 2 aromatic rings. The second-order valence-electron chi connectivity index (χ2n) is 4.63. The van der Waals surface area contributed by atoms with Crippen LogP contribution in [-0.2, 0) is 13.0 Å². The van der Waals surface area contributed by atoms with Gasteiger partial charge in [-0.25, -0.2) is 0 Å². The summed E-state index contributed by atoms with van der Waals surface area (Å²) in [6.07, 6.45) is 2.88. The Morgan fingerprint density at radius 1 is 1.21 bits per heavy atom. The summed E-state index contributed by atoms with van der Waals surface area (Å²) in [7, 11) is 2.16. The van der Waals surface area contributed by atoms with Gasteiger partial charge in [0.2, 0.25) is 0 Å². The highest BCUT2D eigenvalue weighted by Crippen LogP contribution is 2.06. The van der Waals surface area contributed by atoms with Crippen LogP contribution in [0.5, 0.6) is 0 Å². The molecular weight excluding hydrogens is 254 g/mol. The van der Waals surface area contributed by atoms with Crippen LogP contribution in [0.2, 0.25) is 0 Å². The van der Waals surface area contributed by atoms with Crippen LogP contribution in [0.4, 0.5) is 0 Å². The fraction of sp³-hybridized carbons (Fsp3) is 0.400. The summed E-state index contributed by atoms with van der Waals surface area (Å²) in [6, 6.07) is 10.4. The first kappa shape index (κ1) is 14.2. The molecule has 2 aromatic heterocycles. The maximum absolute atomic E-state index is 4.34. The van der Waals surface area contributed by atoms with E-state index in [0.29, 0.717) is 0 Å². The molecule has 0 saturated heterocycles. The lowest BCUT2D eigenvalue weighted by atomic mass is 10.2. The number of hydrogen-bond donors (Lipinski definition) is 1. The van der Waals surface area contributed by atoms with Crippen LogP contribution in [0.3, 0.4) is 0 Å². The summed E-state index contributed by atoms with van der Waals surface area (Å²) in [4.78, 5) is 8.08. The van der Waals surface area contributed by atoms with Crippen molar-refractivity contribution in [2.75, 3.05) is 26.7 Å². The zero-order chi connectivity index (χ0) is 13.3. The fourth-order valence-corrected chi connectivity index (χ4v) is 2.53. The normalized spacial score (nSPS) is 11.1. The highest BCUT2D eigenvalue weighted by molar-refractivity contribution is 7.09. The van der Waals surface area contributed by atoms with Crippen LogP contribution in [0.25, 0.3) is 0 Å². The van der Waals surface area contributed by atoms with E-state index in [2.05, 4.69) is 45.8 Å². The number of pyridine rings is 1. The lowest BCUT2D eigenvalue weighted by Crippen LogP contribution is -2.30. The van der Waals surface area contributed by atoms with Crippen LogP contribution in [0.15, 0.2) is 41.9 Å². The van der Waals surface area contributed by atoms with Crippen molar-refractivity contribution in [3.05, 3.63) is 52.5 Å². The number of likely N-dealkylation sites (N-methyl/N-ethyl adjacent to an activating group) is 1. The zero-order valence-electron chi connectivity index (χ0n) is 11.4. The van der Waals surface area contributed by atoms with Gasteiger partial charge >= 0.3 is 0 Å². The summed E-state index contributed by atoms with van der Waals surface area (Å²) < 4.78 is 0. The van der Waals surface area contributed by atoms with Crippen molar-refractivity contribution >= 4 is 11.3 Å². The molecule has 19 heavy (non-hydrogen) atoms. The molecule has 0 bridgehead atoms. The van der Waals surface area contributed by atoms with Gasteiger partial charge in [-0.2, -0.15) is 0 Å². The smallest absolute Gasteiger partial charge is 0.0416 e. The van der Waals surface area contributed by atoms with Gasteiger partial charge in [-0.05, 0) is 30.6 Å². The monoisotopic (exact) mass is 275 g/mol. The van der Waals surface area contributed by atoms with E-state index in [1.54, 1.807) is 11.3 Å². The first-order valence-corrected chi connectivity index (χ1v) is 7.54. The highest BCUT2D eigenvalue weighted by Gasteiger charge is 2.00. The number of nitrogens with zero attached hydrogens (tertiary/aromatic N) is 2. The van der Waals surface area contributed by atoms with Crippen molar-refractivity contribution in [3.8, 4) is 0 Å². The molecule has 0 aliphatic carbocycles. The van der Waals surface area contributed by atoms with E-state index >= 15 is 0 Å². The Labute approximate surface area is 119 Å². The van der Waals surface area contributed by atoms with Gasteiger partial charge in [0.15, 0.2) is 0 Å². The lowest BCUT2D eigenvalue weighted by Gasteiger charge is -2.16. The van der Waals surface area contributed by atoms with Gasteiger partial charge in [0.1, 0.15) is 0 Å². The van der Waals surface area contributed by atoms with E-state index in [-0.39, 0.29) is 0 Å². The molecule has 0 amide bonds. The first-order chi connectivity index (χ1) is 9.34. The van der Waals surface area contributed by atoms with Gasteiger partial charge in [-0.15, -0.1) is 11.3 Å². The molecular formula is C15H21N3S. The van der Waals surface area contributed by atoms with E-state index in [4.69, 9.17) is 0 Å². The van der Waals surface area contributed by atoms with Crippen LogP contribution < -0.4 is 5.32 Å². The third-order valence-electron chi connectivity index (χ3n) is 3.03. The van der Waals surface area contributed by atoms with Gasteiger partial charge in [0, 0.05) is 49.4 Å². The predicted molar refractivity (Wildman–Crippen MR) is 81.5 cm³/mol. The van der Waals surface area contributed by atoms with Crippen molar-refractivity contribution in [1.82, 2.24) is 15.2 Å². The Balaban J connectivity index is 1.56. The van der Waals surface area contributed by atoms with Crippen LogP contribution in [0.1, 0.15) is 10.6 Å². The van der Waals surface area contributed by atoms with E-state index in [1.807, 2.05) is 18.3 Å². The number of thiophene rings is 1. The molecule has 1 N–H and O–H groups in total. The molecule has 0 fully saturated rings. The third kappa shape index (κ3) is 5.51. The molecule has 2 rings (SSSR count). The second-order valence-corrected chi connectivity index (χ2v) is 5.66. The maximum Gasteiger partial charge on any atom is 0.0416 e. The predicted octanol–water partition coefficient (Wildman–Crippen LogP) is 2.41. The lowest BCUT2D eigenvalue weighted by molar-refractivity contribution is 0.334. The highest BCUT2D eigenvalue weighted by atomic mass is 32.1. The van der Waals surface area contributed by atoms with E-state index in [9.17, 15) is 0 Å². The minimum Gasteiger partial charge on any atom is -0.311 e. The van der Waals surface area contributed by atoms with Crippen LogP contribution >= 0.6 is 11.3 Å². The number of nitrogens with one attached hydrogen (secondary N) is 1. The molecule has 0 radical (unpaired) electrons. The quantitative estimate of drug-likeness (QED) is 0.750. The fourth-order valence-electron chi connectivity index (χ4n) is 1.86. The number of rotatable bonds is 8. The van der Waals surface area contributed by atoms with Crippen molar-refractivity contribution in [3.63, 3.8) is 0 Å². The van der Waals surface area contributed by atoms with Crippen LogP contribution in [0, 0.1) is 0 Å². The molecule has 4 heteroatoms. The first-order valence-electron chi connectivity index (χ1n) is 6.66. The van der Waals surface area contributed by atoms with Crippen molar-refractivity contribution < 1.29 is 0 Å². The SMILES string of the molecule is CN(CCNCc1cccs1)CCc1ccccn1. The Kier molecular flexibility index (Phi) is 6.01. The largest absolute Gasteiger partial charge is 0.311 e. The van der Waals surface area contributed by atoms with Crippen molar-refractivity contribution in [2.45, 2.75) is 13.0 Å². The maximum atomic E-state index is 4.34. The average Bonchev–Trinajstić information content (AvgIpc) is 2.96. The summed E-state index contributed by atoms with van der Waals surface area (Å²) in [6.45, 7) is 4.12. The molecule has 102 valence electrons. The molecule has 0 aliphatic heterocycles. The van der Waals surface area contributed by atoms with Gasteiger partial charge < -0.3 is 10.2 Å². The molecule has 0 saturated carbocycles. The number of hydrogen-bond acceptors (Lipinski definition) is 4. The molecule has 0 atom stereocenters. The van der Waals surface area contributed by atoms with E-state index in [0.717, 1.165) is 32.6 Å². The molecule has 0 spiro atoms. The minimum atomic E-state index is 0.978. The van der Waals surface area contributed by atoms with Gasteiger partial charge in [-0.3, -0.25) is 4.98 Å². The minimum absolute atomic E-state index is 0.978. The Morgan fingerprint density at radius 3 is 2.89 bits per heavy atom. The van der Waals surface area contributed by atoms with Crippen molar-refractivity contribution in [1.29, 1.82) is 0 Å².